The van der Waals surface area contributed by atoms with Gasteiger partial charge in [0.05, 0.1) is 7.11 Å². The Morgan fingerprint density at radius 1 is 0.941 bits per heavy atom. The number of phenolic OH excluding ortho intramolecular Hbond substituents is 2. The molecule has 0 saturated heterocycles. The summed E-state index contributed by atoms with van der Waals surface area (Å²) in [6, 6.07) is 18.0. The van der Waals surface area contributed by atoms with Crippen molar-refractivity contribution >= 4 is 34.2 Å². The Hall–Kier alpha value is -4.50. The molecular formula is C25H19N3O5S. The number of rotatable bonds is 7. The summed E-state index contributed by atoms with van der Waals surface area (Å²) >= 11 is 1.13. The highest BCUT2D eigenvalue weighted by molar-refractivity contribution is 7.18. The van der Waals surface area contributed by atoms with Gasteiger partial charge in [-0.1, -0.05) is 41.7 Å². The van der Waals surface area contributed by atoms with Crippen LogP contribution < -0.4 is 10.1 Å². The fourth-order valence-corrected chi connectivity index (χ4v) is 3.74. The van der Waals surface area contributed by atoms with Crippen LogP contribution in [-0.4, -0.2) is 39.2 Å². The van der Waals surface area contributed by atoms with Gasteiger partial charge in [0.2, 0.25) is 5.13 Å². The lowest BCUT2D eigenvalue weighted by molar-refractivity contribution is 0.102. The second kappa shape index (κ2) is 9.97. The lowest BCUT2D eigenvalue weighted by atomic mass is 10.1. The quantitative estimate of drug-likeness (QED) is 0.201. The van der Waals surface area contributed by atoms with Crippen LogP contribution in [-0.2, 0) is 0 Å². The van der Waals surface area contributed by atoms with E-state index >= 15 is 0 Å². The maximum Gasteiger partial charge on any atom is 0.257 e. The van der Waals surface area contributed by atoms with Gasteiger partial charge in [-0.3, -0.25) is 14.9 Å². The summed E-state index contributed by atoms with van der Waals surface area (Å²) in [6.07, 6.45) is 3.14. The number of nitrogens with one attached hydrogen (secondary N) is 1. The Morgan fingerprint density at radius 3 is 2.47 bits per heavy atom. The largest absolute Gasteiger partial charge is 0.504 e. The van der Waals surface area contributed by atoms with Crippen LogP contribution in [0.15, 0.2) is 72.8 Å². The number of hydrogen-bond donors (Lipinski definition) is 3. The van der Waals surface area contributed by atoms with Gasteiger partial charge in [-0.05, 0) is 54.1 Å². The van der Waals surface area contributed by atoms with E-state index in [0.717, 1.165) is 16.9 Å². The minimum absolute atomic E-state index is 0.158. The predicted octanol–water partition coefficient (Wildman–Crippen LogP) is 4.77. The van der Waals surface area contributed by atoms with E-state index in [1.165, 1.54) is 18.2 Å². The number of anilines is 1. The number of amides is 1. The maximum atomic E-state index is 12.6. The molecule has 1 aromatic heterocycles. The van der Waals surface area contributed by atoms with E-state index < -0.39 is 0 Å². The van der Waals surface area contributed by atoms with Gasteiger partial charge < -0.3 is 14.9 Å². The highest BCUT2D eigenvalue weighted by Crippen LogP contribution is 2.33. The maximum absolute atomic E-state index is 12.6. The Bertz CT molecular complexity index is 1380. The molecule has 0 aliphatic carbocycles. The molecule has 3 N–H and O–H groups in total. The SMILES string of the molecule is COc1cccc(C(=O)/C=C/c2ccc(C(=O)Nc3nnc(-c4ccc(O)c(O)c4)s3)cc2)c1. The zero-order valence-electron chi connectivity index (χ0n) is 17.9. The summed E-state index contributed by atoms with van der Waals surface area (Å²) in [4.78, 5) is 24.9. The Morgan fingerprint density at radius 2 is 1.74 bits per heavy atom. The third kappa shape index (κ3) is 5.28. The Kier molecular flexibility index (Phi) is 6.65. The topological polar surface area (TPSA) is 122 Å². The molecule has 0 spiro atoms. The Balaban J connectivity index is 1.39. The van der Waals surface area contributed by atoms with Crippen molar-refractivity contribution < 1.29 is 24.5 Å². The minimum atomic E-state index is -0.362. The van der Waals surface area contributed by atoms with Crippen molar-refractivity contribution in [1.29, 1.82) is 0 Å². The summed E-state index contributed by atoms with van der Waals surface area (Å²) < 4.78 is 5.14. The van der Waals surface area contributed by atoms with E-state index in [2.05, 4.69) is 15.5 Å². The van der Waals surface area contributed by atoms with Crippen molar-refractivity contribution in [3.63, 3.8) is 0 Å². The number of phenols is 2. The van der Waals surface area contributed by atoms with Crippen molar-refractivity contribution in [2.75, 3.05) is 12.4 Å². The number of carbonyl (C=O) groups is 2. The number of methoxy groups -OCH3 is 1. The predicted molar refractivity (Wildman–Crippen MR) is 129 cm³/mol. The molecule has 4 rings (SSSR count). The fraction of sp³-hybridized carbons (Fsp3) is 0.0400. The van der Waals surface area contributed by atoms with Gasteiger partial charge in [0, 0.05) is 16.7 Å². The number of aromatic hydroxyl groups is 2. The molecule has 0 radical (unpaired) electrons. The van der Waals surface area contributed by atoms with Crippen LogP contribution in [0.3, 0.4) is 0 Å². The molecule has 0 bridgehead atoms. The molecule has 3 aromatic carbocycles. The van der Waals surface area contributed by atoms with E-state index in [9.17, 15) is 19.8 Å². The van der Waals surface area contributed by atoms with Crippen LogP contribution in [0.1, 0.15) is 26.3 Å². The molecule has 0 saturated carbocycles. The van der Waals surface area contributed by atoms with Crippen LogP contribution >= 0.6 is 11.3 Å². The van der Waals surface area contributed by atoms with Crippen LogP contribution in [0.4, 0.5) is 5.13 Å². The smallest absolute Gasteiger partial charge is 0.257 e. The second-order valence-corrected chi connectivity index (χ2v) is 8.10. The van der Waals surface area contributed by atoms with Crippen molar-refractivity contribution in [3.05, 3.63) is 89.5 Å². The van der Waals surface area contributed by atoms with Crippen molar-refractivity contribution in [2.24, 2.45) is 0 Å². The minimum Gasteiger partial charge on any atom is -0.504 e. The van der Waals surface area contributed by atoms with Crippen molar-refractivity contribution in [2.45, 2.75) is 0 Å². The third-order valence-electron chi connectivity index (χ3n) is 4.82. The summed E-state index contributed by atoms with van der Waals surface area (Å²) in [5, 5.41) is 30.5. The summed E-state index contributed by atoms with van der Waals surface area (Å²) in [5.41, 5.74) is 2.26. The van der Waals surface area contributed by atoms with Crippen LogP contribution in [0.25, 0.3) is 16.6 Å². The first-order valence-electron chi connectivity index (χ1n) is 10.1. The molecule has 1 heterocycles. The number of ketones is 1. The summed E-state index contributed by atoms with van der Waals surface area (Å²) in [5.74, 6) is -0.408. The standard InChI is InChI=1S/C25H19N3O5S/c1-33-19-4-2-3-17(13-19)20(29)11-7-15-5-8-16(9-6-15)23(32)26-25-28-27-24(34-25)18-10-12-21(30)22(31)14-18/h2-14,30-31H,1H3,(H,26,28,32)/b11-7+. The average molecular weight is 474 g/mol. The number of benzene rings is 3. The molecule has 0 fully saturated rings. The molecule has 0 atom stereocenters. The van der Waals surface area contributed by atoms with Gasteiger partial charge in [-0.2, -0.15) is 0 Å². The van der Waals surface area contributed by atoms with Gasteiger partial charge in [0.25, 0.3) is 5.91 Å². The molecule has 1 amide bonds. The first kappa shape index (κ1) is 22.7. The first-order chi connectivity index (χ1) is 16.4. The van der Waals surface area contributed by atoms with Gasteiger partial charge in [0.1, 0.15) is 10.8 Å². The molecule has 170 valence electrons. The monoisotopic (exact) mass is 473 g/mol. The molecule has 0 aliphatic rings. The number of hydrogen-bond acceptors (Lipinski definition) is 8. The highest BCUT2D eigenvalue weighted by Gasteiger charge is 2.13. The van der Waals surface area contributed by atoms with Gasteiger partial charge in [-0.15, -0.1) is 10.2 Å². The van der Waals surface area contributed by atoms with E-state index in [4.69, 9.17) is 4.74 Å². The van der Waals surface area contributed by atoms with Gasteiger partial charge in [-0.25, -0.2) is 0 Å². The molecule has 8 nitrogen and oxygen atoms in total. The normalized spacial score (nSPS) is 10.9. The van der Waals surface area contributed by atoms with Crippen LogP contribution in [0.2, 0.25) is 0 Å². The van der Waals surface area contributed by atoms with Crippen molar-refractivity contribution in [1.82, 2.24) is 10.2 Å². The number of aromatic nitrogens is 2. The highest BCUT2D eigenvalue weighted by atomic mass is 32.1. The second-order valence-electron chi connectivity index (χ2n) is 7.12. The number of ether oxygens (including phenoxy) is 1. The number of carbonyl (C=O) groups excluding carboxylic acids is 2. The third-order valence-corrected chi connectivity index (χ3v) is 5.71. The van der Waals surface area contributed by atoms with Crippen LogP contribution in [0, 0.1) is 0 Å². The molecule has 4 aromatic rings. The molecular weight excluding hydrogens is 454 g/mol. The van der Waals surface area contributed by atoms with E-state index in [0.29, 0.717) is 32.6 Å². The van der Waals surface area contributed by atoms with Crippen LogP contribution in [0.5, 0.6) is 17.2 Å². The van der Waals surface area contributed by atoms with Crippen molar-refractivity contribution in [3.8, 4) is 27.8 Å². The fourth-order valence-electron chi connectivity index (χ4n) is 3.01. The Labute approximate surface area is 198 Å². The van der Waals surface area contributed by atoms with E-state index in [1.54, 1.807) is 67.8 Å². The lowest BCUT2D eigenvalue weighted by Crippen LogP contribution is -2.11. The zero-order valence-corrected chi connectivity index (χ0v) is 18.7. The molecule has 0 aliphatic heterocycles. The summed E-state index contributed by atoms with van der Waals surface area (Å²) in [6.45, 7) is 0. The van der Waals surface area contributed by atoms with E-state index in [-0.39, 0.29) is 23.2 Å². The zero-order chi connectivity index (χ0) is 24.1. The average Bonchev–Trinajstić information content (AvgIpc) is 3.33. The number of allylic oxidation sites excluding steroid dienone is 1. The number of nitrogens with zero attached hydrogens (tertiary/aromatic N) is 2. The van der Waals surface area contributed by atoms with E-state index in [1.807, 2.05) is 0 Å². The lowest BCUT2D eigenvalue weighted by Gasteiger charge is -2.02. The van der Waals surface area contributed by atoms with Gasteiger partial charge >= 0.3 is 0 Å². The molecule has 0 unspecified atom stereocenters. The molecule has 34 heavy (non-hydrogen) atoms. The van der Waals surface area contributed by atoms with Gasteiger partial charge in [0.15, 0.2) is 17.3 Å². The first-order valence-corrected chi connectivity index (χ1v) is 10.9. The molecule has 9 heteroatoms. The summed E-state index contributed by atoms with van der Waals surface area (Å²) in [7, 11) is 1.54.